The van der Waals surface area contributed by atoms with Crippen molar-refractivity contribution in [3.63, 3.8) is 0 Å². The van der Waals surface area contributed by atoms with Crippen LogP contribution in [0.4, 0.5) is 4.39 Å². The highest BCUT2D eigenvalue weighted by atomic mass is 32.2. The van der Waals surface area contributed by atoms with E-state index in [0.717, 1.165) is 32.4 Å². The van der Waals surface area contributed by atoms with Gasteiger partial charge >= 0.3 is 0 Å². The molecule has 2 fully saturated rings. The minimum atomic E-state index is -0.294. The highest BCUT2D eigenvalue weighted by Gasteiger charge is 2.43. The van der Waals surface area contributed by atoms with Crippen LogP contribution in [0.5, 0.6) is 0 Å². The number of carbonyl (C=O) groups excluding carboxylic acids is 1. The highest BCUT2D eigenvalue weighted by Crippen LogP contribution is 2.39. The van der Waals surface area contributed by atoms with Crippen molar-refractivity contribution in [1.82, 2.24) is 9.80 Å². The van der Waals surface area contributed by atoms with E-state index in [9.17, 15) is 9.18 Å². The number of amides is 1. The maximum Gasteiger partial charge on any atom is 0.236 e. The molecule has 0 bridgehead atoms. The van der Waals surface area contributed by atoms with Crippen LogP contribution in [0.2, 0.25) is 0 Å². The summed E-state index contributed by atoms with van der Waals surface area (Å²) in [6.45, 7) is 4.01. The molecule has 3 heterocycles. The van der Waals surface area contributed by atoms with E-state index >= 15 is 0 Å². The van der Waals surface area contributed by atoms with E-state index < -0.39 is 0 Å². The molecule has 1 N–H and O–H groups in total. The number of hydrogen-bond donors (Lipinski definition) is 1. The molecular formula is C26H31FN2O3S. The van der Waals surface area contributed by atoms with Gasteiger partial charge in [-0.05, 0) is 42.9 Å². The van der Waals surface area contributed by atoms with Crippen LogP contribution >= 0.6 is 11.8 Å². The number of thioether (sulfide) groups is 1. The molecule has 5 nitrogen and oxygen atoms in total. The molecule has 2 aromatic rings. The summed E-state index contributed by atoms with van der Waals surface area (Å²) >= 11 is 1.69. The van der Waals surface area contributed by atoms with Gasteiger partial charge in [-0.15, -0.1) is 11.8 Å². The monoisotopic (exact) mass is 470 g/mol. The summed E-state index contributed by atoms with van der Waals surface area (Å²) in [5, 5.41) is 9.12. The third-order valence-corrected chi connectivity index (χ3v) is 8.49. The van der Waals surface area contributed by atoms with E-state index in [4.69, 9.17) is 9.84 Å². The highest BCUT2D eigenvalue weighted by molar-refractivity contribution is 8.01. The summed E-state index contributed by atoms with van der Waals surface area (Å²) in [5.74, 6) is 0.0247. The Morgan fingerprint density at radius 2 is 1.91 bits per heavy atom. The molecule has 176 valence electrons. The lowest BCUT2D eigenvalue weighted by Crippen LogP contribution is -2.59. The fraction of sp³-hybridized carbons (Fsp3) is 0.500. The fourth-order valence-electron chi connectivity index (χ4n) is 5.29. The number of benzene rings is 2. The van der Waals surface area contributed by atoms with Gasteiger partial charge in [0.05, 0.1) is 17.5 Å². The second-order valence-electron chi connectivity index (χ2n) is 9.35. The summed E-state index contributed by atoms with van der Waals surface area (Å²) in [5.41, 5.74) is 2.22. The van der Waals surface area contributed by atoms with E-state index in [-0.39, 0.29) is 29.2 Å². The van der Waals surface area contributed by atoms with Gasteiger partial charge in [0.1, 0.15) is 5.82 Å². The molecule has 2 aromatic carbocycles. The maximum absolute atomic E-state index is 14.7. The number of fused-ring (bicyclic) bond motifs is 1. The number of likely N-dealkylation sites (tertiary alicyclic amines) is 1. The van der Waals surface area contributed by atoms with Gasteiger partial charge in [0.2, 0.25) is 5.91 Å². The first-order chi connectivity index (χ1) is 16.1. The molecule has 0 aliphatic carbocycles. The Morgan fingerprint density at radius 3 is 2.70 bits per heavy atom. The Morgan fingerprint density at radius 1 is 1.12 bits per heavy atom. The SMILES string of the molecule is O=C(C1Cc2ccccc2S1)N1CCOC2(CCN(Cc3cccc(CCO)c3F)CC2)C1. The van der Waals surface area contributed by atoms with Crippen molar-refractivity contribution in [2.75, 3.05) is 39.4 Å². The first-order valence-corrected chi connectivity index (χ1v) is 12.7. The third-order valence-electron chi connectivity index (χ3n) is 7.18. The zero-order valence-corrected chi connectivity index (χ0v) is 19.7. The van der Waals surface area contributed by atoms with Crippen molar-refractivity contribution < 1.29 is 19.0 Å². The van der Waals surface area contributed by atoms with E-state index in [1.165, 1.54) is 10.5 Å². The van der Waals surface area contributed by atoms with Crippen molar-refractivity contribution in [3.05, 3.63) is 65.0 Å². The van der Waals surface area contributed by atoms with Gasteiger partial charge in [0, 0.05) is 49.8 Å². The zero-order valence-electron chi connectivity index (χ0n) is 18.8. The average Bonchev–Trinajstić information content (AvgIpc) is 3.27. The molecule has 3 aliphatic heterocycles. The predicted molar refractivity (Wildman–Crippen MR) is 127 cm³/mol. The van der Waals surface area contributed by atoms with Crippen LogP contribution in [0.3, 0.4) is 0 Å². The quantitative estimate of drug-likeness (QED) is 0.727. The van der Waals surface area contributed by atoms with Gasteiger partial charge in [-0.1, -0.05) is 36.4 Å². The fourth-order valence-corrected chi connectivity index (χ4v) is 6.57. The van der Waals surface area contributed by atoms with Crippen LogP contribution in [-0.4, -0.2) is 71.1 Å². The van der Waals surface area contributed by atoms with Gasteiger partial charge in [-0.2, -0.15) is 0 Å². The van der Waals surface area contributed by atoms with Crippen LogP contribution in [0, 0.1) is 5.82 Å². The van der Waals surface area contributed by atoms with Crippen molar-refractivity contribution in [2.24, 2.45) is 0 Å². The summed E-state index contributed by atoms with van der Waals surface area (Å²) in [7, 11) is 0. The summed E-state index contributed by atoms with van der Waals surface area (Å²) in [6, 6.07) is 13.7. The molecule has 2 saturated heterocycles. The van der Waals surface area contributed by atoms with E-state index in [2.05, 4.69) is 17.0 Å². The minimum Gasteiger partial charge on any atom is -0.396 e. The molecule has 33 heavy (non-hydrogen) atoms. The number of aliphatic hydroxyl groups excluding tert-OH is 1. The van der Waals surface area contributed by atoms with Crippen molar-refractivity contribution in [2.45, 2.75) is 48.0 Å². The molecule has 1 spiro atoms. The first kappa shape index (κ1) is 22.8. The third kappa shape index (κ3) is 4.83. The zero-order chi connectivity index (χ0) is 22.8. The Balaban J connectivity index is 1.18. The largest absolute Gasteiger partial charge is 0.396 e. The molecule has 1 atom stereocenters. The van der Waals surface area contributed by atoms with Crippen LogP contribution in [0.25, 0.3) is 0 Å². The normalized spacial score (nSPS) is 22.5. The second kappa shape index (κ2) is 9.74. The van der Waals surface area contributed by atoms with Gasteiger partial charge in [-0.3, -0.25) is 9.69 Å². The number of ether oxygens (including phenoxy) is 1. The molecular weight excluding hydrogens is 439 g/mol. The lowest BCUT2D eigenvalue weighted by molar-refractivity contribution is -0.159. The topological polar surface area (TPSA) is 53.0 Å². The minimum absolute atomic E-state index is 0.0354. The van der Waals surface area contributed by atoms with E-state index in [1.807, 2.05) is 29.2 Å². The Hall–Kier alpha value is -1.93. The number of halogens is 1. The van der Waals surface area contributed by atoms with Gasteiger partial charge < -0.3 is 14.7 Å². The lowest BCUT2D eigenvalue weighted by Gasteiger charge is -2.47. The molecule has 5 rings (SSSR count). The van der Waals surface area contributed by atoms with Gasteiger partial charge in [0.15, 0.2) is 0 Å². The van der Waals surface area contributed by atoms with Crippen LogP contribution in [-0.2, 0) is 28.9 Å². The standard InChI is InChI=1S/C26H31FN2O3S/c27-24-19(8-14-30)5-3-6-21(24)17-28-11-9-26(10-12-28)18-29(13-15-32-26)25(31)23-16-20-4-1-2-7-22(20)33-23/h1-7,23,30H,8-18H2. The number of aliphatic hydroxyl groups is 1. The molecule has 1 amide bonds. The van der Waals surface area contributed by atoms with E-state index in [0.29, 0.717) is 43.8 Å². The summed E-state index contributed by atoms with van der Waals surface area (Å²) in [6.07, 6.45) is 2.82. The first-order valence-electron chi connectivity index (χ1n) is 11.8. The lowest BCUT2D eigenvalue weighted by atomic mass is 9.88. The van der Waals surface area contributed by atoms with Gasteiger partial charge in [0.25, 0.3) is 0 Å². The molecule has 7 heteroatoms. The summed E-state index contributed by atoms with van der Waals surface area (Å²) < 4.78 is 21.0. The number of morpholine rings is 1. The number of nitrogens with zero attached hydrogens (tertiary/aromatic N) is 2. The Bertz CT molecular complexity index is 984. The van der Waals surface area contributed by atoms with Crippen molar-refractivity contribution >= 4 is 17.7 Å². The number of rotatable bonds is 5. The molecule has 3 aliphatic rings. The molecule has 0 saturated carbocycles. The smallest absolute Gasteiger partial charge is 0.236 e. The number of piperidine rings is 1. The molecule has 0 aromatic heterocycles. The molecule has 0 radical (unpaired) electrons. The second-order valence-corrected chi connectivity index (χ2v) is 10.6. The number of carbonyl (C=O) groups is 1. The Labute approximate surface area is 198 Å². The van der Waals surface area contributed by atoms with Crippen molar-refractivity contribution in [3.8, 4) is 0 Å². The van der Waals surface area contributed by atoms with Crippen LogP contribution in [0.15, 0.2) is 47.4 Å². The predicted octanol–water partition coefficient (Wildman–Crippen LogP) is 3.27. The number of hydrogen-bond acceptors (Lipinski definition) is 5. The van der Waals surface area contributed by atoms with Crippen LogP contribution in [0.1, 0.15) is 29.5 Å². The Kier molecular flexibility index (Phi) is 6.74. The molecule has 1 unspecified atom stereocenters. The maximum atomic E-state index is 14.7. The average molecular weight is 471 g/mol. The van der Waals surface area contributed by atoms with Crippen LogP contribution < -0.4 is 0 Å². The van der Waals surface area contributed by atoms with Gasteiger partial charge in [-0.25, -0.2) is 4.39 Å². The summed E-state index contributed by atoms with van der Waals surface area (Å²) in [4.78, 5) is 18.8. The van der Waals surface area contributed by atoms with E-state index in [1.54, 1.807) is 17.8 Å². The van der Waals surface area contributed by atoms with Crippen molar-refractivity contribution in [1.29, 1.82) is 0 Å².